The first kappa shape index (κ1) is 17.4. The second kappa shape index (κ2) is 7.56. The largest absolute Gasteiger partial charge is 0.308 e. The molecule has 3 nitrogen and oxygen atoms in total. The Hall–Kier alpha value is 0.0700. The van der Waals surface area contributed by atoms with Crippen molar-refractivity contribution >= 4 is 10.8 Å². The average Bonchev–Trinajstić information content (AvgIpc) is 2.45. The van der Waals surface area contributed by atoms with E-state index in [1.807, 2.05) is 6.26 Å². The van der Waals surface area contributed by atoms with Gasteiger partial charge in [0.15, 0.2) is 0 Å². The van der Waals surface area contributed by atoms with Gasteiger partial charge in [-0.3, -0.25) is 9.11 Å². The van der Waals surface area contributed by atoms with Gasteiger partial charge in [-0.05, 0) is 32.1 Å². The average molecular weight is 315 g/mol. The molecule has 3 atom stereocenters. The Morgan fingerprint density at radius 3 is 2.48 bits per heavy atom. The summed E-state index contributed by atoms with van der Waals surface area (Å²) in [5.41, 5.74) is 0.364. The maximum atomic E-state index is 11.4. The molecule has 1 aliphatic heterocycles. The molecular weight excluding hydrogens is 280 g/mol. The van der Waals surface area contributed by atoms with Crippen LogP contribution in [0.5, 0.6) is 0 Å². The van der Waals surface area contributed by atoms with Gasteiger partial charge in [0.1, 0.15) is 0 Å². The van der Waals surface area contributed by atoms with E-state index in [2.05, 4.69) is 31.0 Å². The van der Waals surface area contributed by atoms with Gasteiger partial charge in [0.05, 0.1) is 0 Å². The van der Waals surface area contributed by atoms with Crippen LogP contribution in [0, 0.1) is 5.92 Å². The maximum Gasteiger partial charge on any atom is 0.0309 e. The monoisotopic (exact) mass is 314 g/mol. The third kappa shape index (κ3) is 4.52. The topological polar surface area (TPSA) is 32.3 Å². The Morgan fingerprint density at radius 1 is 1.24 bits per heavy atom. The normalized spacial score (nSPS) is 29.7. The van der Waals surface area contributed by atoms with Gasteiger partial charge < -0.3 is 5.32 Å². The van der Waals surface area contributed by atoms with E-state index in [-0.39, 0.29) is 0 Å². The number of nitrogens with zero attached hydrogens (tertiary/aromatic N) is 1. The fourth-order valence-electron chi connectivity index (χ4n) is 4.13. The SMILES string of the molecule is CC(C)C1CNC2(CCCCC2)CN1C(C)CCS(C)=O. The van der Waals surface area contributed by atoms with Gasteiger partial charge in [-0.1, -0.05) is 33.1 Å². The molecule has 3 unspecified atom stereocenters. The first-order valence-corrected chi connectivity index (χ1v) is 10.5. The highest BCUT2D eigenvalue weighted by atomic mass is 32.2. The van der Waals surface area contributed by atoms with Crippen molar-refractivity contribution < 1.29 is 4.21 Å². The highest BCUT2D eigenvalue weighted by molar-refractivity contribution is 7.84. The fraction of sp³-hybridized carbons (Fsp3) is 1.00. The van der Waals surface area contributed by atoms with E-state index in [1.165, 1.54) is 38.6 Å². The fourth-order valence-corrected chi connectivity index (χ4v) is 4.80. The van der Waals surface area contributed by atoms with Crippen LogP contribution in [0.2, 0.25) is 0 Å². The molecule has 1 saturated heterocycles. The number of piperazine rings is 1. The van der Waals surface area contributed by atoms with Gasteiger partial charge >= 0.3 is 0 Å². The van der Waals surface area contributed by atoms with E-state index in [4.69, 9.17) is 0 Å². The van der Waals surface area contributed by atoms with Gasteiger partial charge in [-0.2, -0.15) is 0 Å². The third-order valence-electron chi connectivity index (χ3n) is 5.57. The summed E-state index contributed by atoms with van der Waals surface area (Å²) in [5.74, 6) is 1.51. The Bertz CT molecular complexity index is 353. The van der Waals surface area contributed by atoms with Crippen LogP contribution >= 0.6 is 0 Å². The standard InChI is InChI=1S/C17H34N2OS/c1-14(2)16-12-18-17(9-6-5-7-10-17)13-19(16)15(3)8-11-21(4)20/h14-16,18H,5-13H2,1-4H3. The lowest BCUT2D eigenvalue weighted by Gasteiger charge is -2.53. The van der Waals surface area contributed by atoms with E-state index in [1.54, 1.807) is 0 Å². The molecule has 0 bridgehead atoms. The van der Waals surface area contributed by atoms with Crippen LogP contribution < -0.4 is 5.32 Å². The van der Waals surface area contributed by atoms with Gasteiger partial charge in [0.2, 0.25) is 0 Å². The summed E-state index contributed by atoms with van der Waals surface area (Å²) >= 11 is 0. The van der Waals surface area contributed by atoms with E-state index < -0.39 is 10.8 Å². The molecule has 1 aliphatic carbocycles. The second-order valence-electron chi connectivity index (χ2n) is 7.62. The van der Waals surface area contributed by atoms with Crippen LogP contribution in [0.25, 0.3) is 0 Å². The van der Waals surface area contributed by atoms with E-state index in [0.29, 0.717) is 23.5 Å². The van der Waals surface area contributed by atoms with Gasteiger partial charge in [-0.15, -0.1) is 0 Å². The molecule has 1 N–H and O–H groups in total. The molecule has 124 valence electrons. The lowest BCUT2D eigenvalue weighted by Crippen LogP contribution is -2.67. The van der Waals surface area contributed by atoms with Crippen molar-refractivity contribution in [1.29, 1.82) is 0 Å². The van der Waals surface area contributed by atoms with E-state index in [9.17, 15) is 4.21 Å². The predicted octanol–water partition coefficient (Wildman–Crippen LogP) is 2.78. The molecule has 1 spiro atoms. The quantitative estimate of drug-likeness (QED) is 0.847. The van der Waals surface area contributed by atoms with Crippen molar-refractivity contribution in [3.05, 3.63) is 0 Å². The summed E-state index contributed by atoms with van der Waals surface area (Å²) in [5, 5.41) is 3.91. The molecule has 0 aromatic rings. The predicted molar refractivity (Wildman–Crippen MR) is 92.2 cm³/mol. The minimum Gasteiger partial charge on any atom is -0.308 e. The molecule has 0 amide bonds. The lowest BCUT2D eigenvalue weighted by atomic mass is 9.78. The van der Waals surface area contributed by atoms with Crippen molar-refractivity contribution in [2.45, 2.75) is 76.9 Å². The molecular formula is C17H34N2OS. The Balaban J connectivity index is 2.05. The molecule has 0 aromatic heterocycles. The summed E-state index contributed by atoms with van der Waals surface area (Å²) in [6.07, 6.45) is 9.71. The van der Waals surface area contributed by atoms with Gasteiger partial charge in [0, 0.05) is 53.5 Å². The summed E-state index contributed by atoms with van der Waals surface area (Å²) in [7, 11) is -0.668. The van der Waals surface area contributed by atoms with Crippen molar-refractivity contribution in [3.8, 4) is 0 Å². The minimum absolute atomic E-state index is 0.364. The maximum absolute atomic E-state index is 11.4. The zero-order valence-corrected chi connectivity index (χ0v) is 15.2. The lowest BCUT2D eigenvalue weighted by molar-refractivity contribution is 0.0102. The van der Waals surface area contributed by atoms with Crippen LogP contribution in [0.1, 0.15) is 59.3 Å². The van der Waals surface area contributed by atoms with Gasteiger partial charge in [0.25, 0.3) is 0 Å². The van der Waals surface area contributed by atoms with Crippen LogP contribution in [0.15, 0.2) is 0 Å². The molecule has 21 heavy (non-hydrogen) atoms. The molecule has 1 saturated carbocycles. The summed E-state index contributed by atoms with van der Waals surface area (Å²) < 4.78 is 11.4. The van der Waals surface area contributed by atoms with Crippen LogP contribution in [-0.4, -0.2) is 51.8 Å². The molecule has 2 aliphatic rings. The van der Waals surface area contributed by atoms with Gasteiger partial charge in [-0.25, -0.2) is 0 Å². The number of hydrogen-bond acceptors (Lipinski definition) is 3. The summed E-state index contributed by atoms with van der Waals surface area (Å²) in [6.45, 7) is 9.32. The van der Waals surface area contributed by atoms with Crippen LogP contribution in [-0.2, 0) is 10.8 Å². The van der Waals surface area contributed by atoms with E-state index in [0.717, 1.165) is 18.7 Å². The Morgan fingerprint density at radius 2 is 1.90 bits per heavy atom. The number of rotatable bonds is 5. The summed E-state index contributed by atoms with van der Waals surface area (Å²) in [6, 6.07) is 1.17. The number of hydrogen-bond donors (Lipinski definition) is 1. The summed E-state index contributed by atoms with van der Waals surface area (Å²) in [4.78, 5) is 2.74. The molecule has 4 heteroatoms. The smallest absolute Gasteiger partial charge is 0.0309 e. The highest BCUT2D eigenvalue weighted by Gasteiger charge is 2.41. The van der Waals surface area contributed by atoms with Crippen molar-refractivity contribution in [3.63, 3.8) is 0 Å². The number of nitrogens with one attached hydrogen (secondary N) is 1. The van der Waals surface area contributed by atoms with E-state index >= 15 is 0 Å². The zero-order valence-electron chi connectivity index (χ0n) is 14.4. The van der Waals surface area contributed by atoms with Crippen molar-refractivity contribution in [2.75, 3.05) is 25.1 Å². The third-order valence-corrected chi connectivity index (χ3v) is 6.38. The molecule has 2 fully saturated rings. The first-order valence-electron chi connectivity index (χ1n) is 8.74. The minimum atomic E-state index is -0.668. The Kier molecular flexibility index (Phi) is 6.27. The molecule has 2 rings (SSSR count). The second-order valence-corrected chi connectivity index (χ2v) is 9.18. The zero-order chi connectivity index (χ0) is 15.5. The molecule has 0 aromatic carbocycles. The molecule has 0 radical (unpaired) electrons. The molecule has 1 heterocycles. The van der Waals surface area contributed by atoms with Crippen molar-refractivity contribution in [2.24, 2.45) is 5.92 Å². The Labute approximate surface area is 133 Å². The van der Waals surface area contributed by atoms with Crippen molar-refractivity contribution in [1.82, 2.24) is 10.2 Å². The highest BCUT2D eigenvalue weighted by Crippen LogP contribution is 2.34. The van der Waals surface area contributed by atoms with Crippen LogP contribution in [0.4, 0.5) is 0 Å². The van der Waals surface area contributed by atoms with Crippen LogP contribution in [0.3, 0.4) is 0 Å². The first-order chi connectivity index (χ1) is 9.93.